The van der Waals surface area contributed by atoms with Crippen LogP contribution >= 0.6 is 0 Å². The van der Waals surface area contributed by atoms with Gasteiger partial charge in [0, 0.05) is 13.1 Å². The topological polar surface area (TPSA) is 82.2 Å². The zero-order valence-electron chi connectivity index (χ0n) is 8.62. The molecule has 1 aliphatic heterocycles. The zero-order valence-corrected chi connectivity index (χ0v) is 8.62. The van der Waals surface area contributed by atoms with E-state index in [1.165, 1.54) is 7.11 Å². The minimum absolute atomic E-state index is 0.129. The molecule has 15 heavy (non-hydrogen) atoms. The van der Waals surface area contributed by atoms with E-state index in [0.29, 0.717) is 11.5 Å². The molecular weight excluding hydrogens is 196 g/mol. The lowest BCUT2D eigenvalue weighted by Gasteiger charge is -2.15. The van der Waals surface area contributed by atoms with E-state index < -0.39 is 0 Å². The molecule has 1 aromatic heterocycles. The first-order valence-electron chi connectivity index (χ1n) is 4.88. The lowest BCUT2D eigenvalue weighted by molar-refractivity contribution is -0.139. The standard InChI is InChI=1S/C9H14N4O2/c1-15-7(14)5-6-8(10)13-4-2-3-11-9(13)12-6/h2-5,10H2,1H3,(H,11,12). The molecule has 0 aromatic carbocycles. The van der Waals surface area contributed by atoms with E-state index in [0.717, 1.165) is 25.5 Å². The molecule has 0 saturated heterocycles. The quantitative estimate of drug-likeness (QED) is 0.671. The highest BCUT2D eigenvalue weighted by Gasteiger charge is 2.19. The van der Waals surface area contributed by atoms with E-state index in [1.54, 1.807) is 0 Å². The Kier molecular flexibility index (Phi) is 2.49. The van der Waals surface area contributed by atoms with Crippen LogP contribution in [0.1, 0.15) is 12.1 Å². The smallest absolute Gasteiger partial charge is 0.311 e. The number of nitrogen functional groups attached to an aromatic ring is 1. The third-order valence-corrected chi connectivity index (χ3v) is 2.46. The number of methoxy groups -OCH3 is 1. The van der Waals surface area contributed by atoms with Crippen LogP contribution in [0.3, 0.4) is 0 Å². The van der Waals surface area contributed by atoms with Crippen molar-refractivity contribution >= 4 is 17.7 Å². The average molecular weight is 210 g/mol. The maximum Gasteiger partial charge on any atom is 0.311 e. The maximum absolute atomic E-state index is 11.1. The van der Waals surface area contributed by atoms with Crippen molar-refractivity contribution in [2.24, 2.45) is 0 Å². The van der Waals surface area contributed by atoms with Gasteiger partial charge in [0.05, 0.1) is 19.2 Å². The molecule has 1 aromatic rings. The van der Waals surface area contributed by atoms with Gasteiger partial charge >= 0.3 is 5.97 Å². The van der Waals surface area contributed by atoms with Crippen LogP contribution in [0, 0.1) is 0 Å². The molecule has 0 unspecified atom stereocenters. The van der Waals surface area contributed by atoms with E-state index >= 15 is 0 Å². The first-order chi connectivity index (χ1) is 7.22. The second kappa shape index (κ2) is 3.80. The van der Waals surface area contributed by atoms with Crippen LogP contribution in [0.25, 0.3) is 0 Å². The molecule has 0 fully saturated rings. The van der Waals surface area contributed by atoms with Crippen molar-refractivity contribution in [2.75, 3.05) is 24.7 Å². The van der Waals surface area contributed by atoms with Gasteiger partial charge in [0.25, 0.3) is 0 Å². The number of anilines is 2. The number of hydrogen-bond acceptors (Lipinski definition) is 5. The fraction of sp³-hybridized carbons (Fsp3) is 0.556. The molecule has 2 rings (SSSR count). The number of imidazole rings is 1. The second-order valence-corrected chi connectivity index (χ2v) is 3.45. The molecule has 3 N–H and O–H groups in total. The SMILES string of the molecule is COC(=O)Cc1nc2n(c1N)CCCN2. The van der Waals surface area contributed by atoms with Crippen LogP contribution in [0.5, 0.6) is 0 Å². The van der Waals surface area contributed by atoms with Crippen molar-refractivity contribution in [1.29, 1.82) is 0 Å². The van der Waals surface area contributed by atoms with E-state index in [2.05, 4.69) is 15.0 Å². The molecule has 0 spiro atoms. The largest absolute Gasteiger partial charge is 0.469 e. The van der Waals surface area contributed by atoms with Gasteiger partial charge in [0.1, 0.15) is 5.82 Å². The zero-order chi connectivity index (χ0) is 10.8. The van der Waals surface area contributed by atoms with E-state index in [-0.39, 0.29) is 12.4 Å². The molecule has 6 nitrogen and oxygen atoms in total. The number of nitrogens with two attached hydrogens (primary N) is 1. The number of rotatable bonds is 2. The lowest BCUT2D eigenvalue weighted by atomic mass is 10.3. The van der Waals surface area contributed by atoms with Crippen LogP contribution < -0.4 is 11.1 Å². The predicted octanol–water partition coefficient (Wildman–Crippen LogP) is -0.00360. The second-order valence-electron chi connectivity index (χ2n) is 3.45. The fourth-order valence-corrected chi connectivity index (χ4v) is 1.65. The highest BCUT2D eigenvalue weighted by molar-refractivity contribution is 5.74. The third-order valence-electron chi connectivity index (χ3n) is 2.46. The first-order valence-corrected chi connectivity index (χ1v) is 4.88. The number of hydrogen-bond donors (Lipinski definition) is 2. The van der Waals surface area contributed by atoms with Gasteiger partial charge in [-0.05, 0) is 6.42 Å². The minimum atomic E-state index is -0.322. The summed E-state index contributed by atoms with van der Waals surface area (Å²) in [4.78, 5) is 15.4. The van der Waals surface area contributed by atoms with Crippen molar-refractivity contribution in [2.45, 2.75) is 19.4 Å². The van der Waals surface area contributed by atoms with Crippen molar-refractivity contribution in [1.82, 2.24) is 9.55 Å². The van der Waals surface area contributed by atoms with Crippen molar-refractivity contribution in [3.63, 3.8) is 0 Å². The molecule has 82 valence electrons. The average Bonchev–Trinajstić information content (AvgIpc) is 2.57. The monoisotopic (exact) mass is 210 g/mol. The van der Waals surface area contributed by atoms with E-state index in [9.17, 15) is 4.79 Å². The Labute approximate surface area is 87.4 Å². The number of carbonyl (C=O) groups excluding carboxylic acids is 1. The number of ether oxygens (including phenoxy) is 1. The van der Waals surface area contributed by atoms with Gasteiger partial charge in [0.2, 0.25) is 5.95 Å². The van der Waals surface area contributed by atoms with E-state index in [4.69, 9.17) is 5.73 Å². The Morgan fingerprint density at radius 2 is 2.53 bits per heavy atom. The number of fused-ring (bicyclic) bond motifs is 1. The Balaban J connectivity index is 2.25. The summed E-state index contributed by atoms with van der Waals surface area (Å²) in [5.41, 5.74) is 6.47. The van der Waals surface area contributed by atoms with Crippen LogP contribution in [0.2, 0.25) is 0 Å². The summed E-state index contributed by atoms with van der Waals surface area (Å²) in [5.74, 6) is 0.984. The number of carbonyl (C=O) groups is 1. The summed E-state index contributed by atoms with van der Waals surface area (Å²) in [7, 11) is 1.35. The fourth-order valence-electron chi connectivity index (χ4n) is 1.65. The highest BCUT2D eigenvalue weighted by Crippen LogP contribution is 2.22. The van der Waals surface area contributed by atoms with Crippen LogP contribution in [0.4, 0.5) is 11.8 Å². The number of aromatic nitrogens is 2. The van der Waals surface area contributed by atoms with Gasteiger partial charge in [-0.15, -0.1) is 0 Å². The first kappa shape index (κ1) is 9.82. The summed E-state index contributed by atoms with van der Waals surface area (Å²) in [6.07, 6.45) is 1.15. The number of nitrogens with one attached hydrogen (secondary N) is 1. The van der Waals surface area contributed by atoms with Crippen molar-refractivity contribution < 1.29 is 9.53 Å². The molecule has 0 amide bonds. The molecular formula is C9H14N4O2. The predicted molar refractivity (Wildman–Crippen MR) is 55.5 cm³/mol. The van der Waals surface area contributed by atoms with Gasteiger partial charge in [-0.2, -0.15) is 0 Å². The Morgan fingerprint density at radius 3 is 3.20 bits per heavy atom. The van der Waals surface area contributed by atoms with Crippen molar-refractivity contribution in [3.05, 3.63) is 5.69 Å². The normalized spacial score (nSPS) is 14.2. The van der Waals surface area contributed by atoms with E-state index in [1.807, 2.05) is 4.57 Å². The van der Waals surface area contributed by atoms with Gasteiger partial charge in [0.15, 0.2) is 0 Å². The number of esters is 1. The summed E-state index contributed by atoms with van der Waals surface area (Å²) in [5, 5.41) is 3.13. The Morgan fingerprint density at radius 1 is 1.73 bits per heavy atom. The van der Waals surface area contributed by atoms with Crippen LogP contribution in [0.15, 0.2) is 0 Å². The molecule has 0 atom stereocenters. The van der Waals surface area contributed by atoms with Crippen LogP contribution in [-0.4, -0.2) is 29.2 Å². The maximum atomic E-state index is 11.1. The van der Waals surface area contributed by atoms with Gasteiger partial charge in [-0.3, -0.25) is 9.36 Å². The molecule has 0 saturated carbocycles. The summed E-state index contributed by atoms with van der Waals surface area (Å²) in [6.45, 7) is 1.75. The Hall–Kier alpha value is -1.72. The van der Waals surface area contributed by atoms with Gasteiger partial charge < -0.3 is 15.8 Å². The molecule has 0 aliphatic carbocycles. The molecule has 1 aliphatic rings. The lowest BCUT2D eigenvalue weighted by Crippen LogP contribution is -2.18. The minimum Gasteiger partial charge on any atom is -0.469 e. The molecule has 2 heterocycles. The summed E-state index contributed by atoms with van der Waals surface area (Å²) < 4.78 is 6.47. The van der Waals surface area contributed by atoms with Gasteiger partial charge in [-0.1, -0.05) is 0 Å². The molecule has 6 heteroatoms. The third kappa shape index (κ3) is 1.74. The summed E-state index contributed by atoms with van der Waals surface area (Å²) >= 11 is 0. The van der Waals surface area contributed by atoms with Gasteiger partial charge in [-0.25, -0.2) is 4.98 Å². The van der Waals surface area contributed by atoms with Crippen LogP contribution in [-0.2, 0) is 22.5 Å². The number of nitrogens with zero attached hydrogens (tertiary/aromatic N) is 2. The highest BCUT2D eigenvalue weighted by atomic mass is 16.5. The summed E-state index contributed by atoms with van der Waals surface area (Å²) in [6, 6.07) is 0. The van der Waals surface area contributed by atoms with Crippen molar-refractivity contribution in [3.8, 4) is 0 Å². The molecule has 0 radical (unpaired) electrons. The molecule has 0 bridgehead atoms. The Bertz CT molecular complexity index is 386.